The first-order valence-corrected chi connectivity index (χ1v) is 16.1. The zero-order valence-corrected chi connectivity index (χ0v) is 25.1. The summed E-state index contributed by atoms with van der Waals surface area (Å²) in [6, 6.07) is 11.2. The molecule has 0 saturated carbocycles. The first kappa shape index (κ1) is 30.0. The average molecular weight is 651 g/mol. The molecule has 0 radical (unpaired) electrons. The van der Waals surface area contributed by atoms with Crippen molar-refractivity contribution < 1.29 is 26.0 Å². The maximum absolute atomic E-state index is 16.2. The number of nitrogens with zero attached hydrogens (tertiary/aromatic N) is 5. The number of aromatic amines is 2. The molecule has 2 aromatic carbocycles. The Morgan fingerprint density at radius 3 is 2.61 bits per heavy atom. The number of rotatable bonds is 8. The summed E-state index contributed by atoms with van der Waals surface area (Å²) >= 11 is 0. The predicted molar refractivity (Wildman–Crippen MR) is 164 cm³/mol. The van der Waals surface area contributed by atoms with E-state index in [0.717, 1.165) is 6.26 Å². The molecule has 1 aliphatic heterocycles. The Morgan fingerprint density at radius 2 is 1.83 bits per heavy atom. The molecular weight excluding hydrogens is 624 g/mol. The molecular formula is C31H26F4N8O2S. The highest BCUT2D eigenvalue weighted by molar-refractivity contribution is 7.88. The van der Waals surface area contributed by atoms with Crippen LogP contribution in [0.5, 0.6) is 0 Å². The van der Waals surface area contributed by atoms with E-state index in [1.807, 2.05) is 0 Å². The van der Waals surface area contributed by atoms with Gasteiger partial charge in [-0.3, -0.25) is 20.0 Å². The van der Waals surface area contributed by atoms with Crippen LogP contribution in [-0.2, 0) is 23.1 Å². The number of pyridine rings is 2. The zero-order valence-electron chi connectivity index (χ0n) is 24.3. The number of hydrogen-bond donors (Lipinski definition) is 3. The van der Waals surface area contributed by atoms with Crippen molar-refractivity contribution in [3.05, 3.63) is 83.8 Å². The van der Waals surface area contributed by atoms with E-state index in [-0.39, 0.29) is 55.2 Å². The molecule has 10 nitrogen and oxygen atoms in total. The van der Waals surface area contributed by atoms with E-state index in [4.69, 9.17) is 4.98 Å². The van der Waals surface area contributed by atoms with E-state index < -0.39 is 27.6 Å². The van der Waals surface area contributed by atoms with Gasteiger partial charge in [0, 0.05) is 49.6 Å². The number of imidazole rings is 1. The topological polar surface area (TPSA) is 133 Å². The lowest BCUT2D eigenvalue weighted by Gasteiger charge is -2.15. The number of para-hydroxylation sites is 1. The van der Waals surface area contributed by atoms with Gasteiger partial charge in [-0.15, -0.1) is 0 Å². The fraction of sp³-hybridized carbons (Fsp3) is 0.226. The van der Waals surface area contributed by atoms with Gasteiger partial charge in [-0.1, -0.05) is 12.1 Å². The highest BCUT2D eigenvalue weighted by Gasteiger charge is 2.38. The lowest BCUT2D eigenvalue weighted by Crippen LogP contribution is -2.24. The van der Waals surface area contributed by atoms with E-state index in [1.165, 1.54) is 24.5 Å². The summed E-state index contributed by atoms with van der Waals surface area (Å²) in [5.41, 5.74) is 4.10. The van der Waals surface area contributed by atoms with Gasteiger partial charge in [-0.2, -0.15) is 5.10 Å². The molecule has 0 spiro atoms. The van der Waals surface area contributed by atoms with Crippen molar-refractivity contribution in [3.8, 4) is 33.9 Å². The second-order valence-electron chi connectivity index (χ2n) is 11.4. The third-order valence-corrected chi connectivity index (χ3v) is 8.48. The first-order valence-electron chi connectivity index (χ1n) is 14.2. The van der Waals surface area contributed by atoms with Crippen LogP contribution in [0.3, 0.4) is 0 Å². The number of likely N-dealkylation sites (tertiary alicyclic amines) is 1. The standard InChI is InChI=1S/C31H26F4N8O2S/c1-46(44,45)38-12-17-7-19(10-21(32)9-17)22-3-2-4-23-28(22)40-30(39-23)29-25-24(41-42-29)14-37-27(26(25)33)20-8-18(11-36-13-20)15-43-6-5-31(34,35)16-43/h2-4,7-11,13-14,38H,5-6,12,15-16H2,1H3,(H,39,40)(H,41,42). The van der Waals surface area contributed by atoms with Crippen LogP contribution in [0.1, 0.15) is 17.5 Å². The van der Waals surface area contributed by atoms with Gasteiger partial charge in [0.1, 0.15) is 17.2 Å². The second-order valence-corrected chi connectivity index (χ2v) is 13.2. The van der Waals surface area contributed by atoms with Crippen LogP contribution in [-0.4, -0.2) is 68.7 Å². The van der Waals surface area contributed by atoms with Crippen molar-refractivity contribution in [1.82, 2.24) is 39.8 Å². The SMILES string of the molecule is CS(=O)(=O)NCc1cc(F)cc(-c2cccc3[nH]c(-c4n[nH]c5cnc(-c6cncc(CN7CCC(F)(F)C7)c6)c(F)c45)nc23)c1. The zero-order chi connectivity index (χ0) is 32.2. The van der Waals surface area contributed by atoms with Crippen LogP contribution in [0.25, 0.3) is 55.8 Å². The van der Waals surface area contributed by atoms with Crippen molar-refractivity contribution in [1.29, 1.82) is 0 Å². The van der Waals surface area contributed by atoms with Crippen molar-refractivity contribution in [3.63, 3.8) is 0 Å². The van der Waals surface area contributed by atoms with E-state index in [2.05, 4.69) is 29.9 Å². The largest absolute Gasteiger partial charge is 0.337 e. The summed E-state index contributed by atoms with van der Waals surface area (Å²) in [5, 5.41) is 7.24. The minimum atomic E-state index is -3.49. The fourth-order valence-electron chi connectivity index (χ4n) is 5.75. The molecule has 15 heteroatoms. The van der Waals surface area contributed by atoms with Crippen molar-refractivity contribution in [2.75, 3.05) is 19.3 Å². The molecule has 3 N–H and O–H groups in total. The van der Waals surface area contributed by atoms with Gasteiger partial charge >= 0.3 is 0 Å². The monoisotopic (exact) mass is 650 g/mol. The van der Waals surface area contributed by atoms with E-state index in [9.17, 15) is 21.6 Å². The molecule has 4 aromatic heterocycles. The molecule has 1 aliphatic rings. The lowest BCUT2D eigenvalue weighted by atomic mass is 10.0. The van der Waals surface area contributed by atoms with Gasteiger partial charge < -0.3 is 4.98 Å². The molecule has 6 aromatic rings. The summed E-state index contributed by atoms with van der Waals surface area (Å²) in [6.07, 6.45) is 5.30. The Bertz CT molecular complexity index is 2240. The summed E-state index contributed by atoms with van der Waals surface area (Å²) in [7, 11) is -3.49. The summed E-state index contributed by atoms with van der Waals surface area (Å²) in [6.45, 7) is 0.0782. The van der Waals surface area contributed by atoms with Gasteiger partial charge in [0.05, 0.1) is 40.9 Å². The summed E-state index contributed by atoms with van der Waals surface area (Å²) in [5.74, 6) is -3.69. The van der Waals surface area contributed by atoms with Crippen molar-refractivity contribution in [2.45, 2.75) is 25.4 Å². The Morgan fingerprint density at radius 1 is 1.00 bits per heavy atom. The van der Waals surface area contributed by atoms with Gasteiger partial charge in [-0.05, 0) is 47.0 Å². The highest BCUT2D eigenvalue weighted by atomic mass is 32.2. The molecule has 0 unspecified atom stereocenters. The molecule has 0 atom stereocenters. The first-order chi connectivity index (χ1) is 21.9. The van der Waals surface area contributed by atoms with E-state index in [1.54, 1.807) is 41.4 Å². The van der Waals surface area contributed by atoms with E-state index >= 15 is 4.39 Å². The predicted octanol–water partition coefficient (Wildman–Crippen LogP) is 5.40. The number of sulfonamides is 1. The third kappa shape index (κ3) is 5.96. The maximum Gasteiger partial charge on any atom is 0.261 e. The summed E-state index contributed by atoms with van der Waals surface area (Å²) in [4.78, 5) is 18.0. The van der Waals surface area contributed by atoms with Crippen LogP contribution in [0.15, 0.2) is 61.1 Å². The Hall–Kier alpha value is -4.73. The number of halogens is 4. The number of hydrogen-bond acceptors (Lipinski definition) is 7. The van der Waals surface area contributed by atoms with Crippen LogP contribution in [0.2, 0.25) is 0 Å². The Labute approximate surface area is 260 Å². The normalized spacial score (nSPS) is 15.3. The minimum Gasteiger partial charge on any atom is -0.337 e. The van der Waals surface area contributed by atoms with Crippen LogP contribution < -0.4 is 4.72 Å². The molecule has 0 bridgehead atoms. The lowest BCUT2D eigenvalue weighted by molar-refractivity contribution is 0.0115. The molecule has 7 rings (SSSR count). The van der Waals surface area contributed by atoms with Crippen LogP contribution in [0.4, 0.5) is 17.6 Å². The average Bonchev–Trinajstić information content (AvgIpc) is 3.72. The van der Waals surface area contributed by atoms with E-state index in [0.29, 0.717) is 44.4 Å². The number of benzene rings is 2. The third-order valence-electron chi connectivity index (χ3n) is 7.81. The van der Waals surface area contributed by atoms with Gasteiger partial charge in [0.2, 0.25) is 10.0 Å². The Balaban J connectivity index is 1.25. The minimum absolute atomic E-state index is 0.0167. The smallest absolute Gasteiger partial charge is 0.261 e. The molecule has 1 saturated heterocycles. The molecule has 0 aliphatic carbocycles. The van der Waals surface area contributed by atoms with Gasteiger partial charge in [0.25, 0.3) is 5.92 Å². The van der Waals surface area contributed by atoms with Crippen molar-refractivity contribution in [2.24, 2.45) is 0 Å². The second kappa shape index (κ2) is 11.3. The maximum atomic E-state index is 16.2. The molecule has 1 fully saturated rings. The number of H-pyrrole nitrogens is 2. The van der Waals surface area contributed by atoms with Crippen molar-refractivity contribution >= 4 is 32.0 Å². The quantitative estimate of drug-likeness (QED) is 0.188. The van der Waals surface area contributed by atoms with Gasteiger partial charge in [0.15, 0.2) is 11.6 Å². The van der Waals surface area contributed by atoms with Gasteiger partial charge in [-0.25, -0.2) is 35.7 Å². The molecule has 0 amide bonds. The Kier molecular flexibility index (Phi) is 7.33. The molecule has 236 valence electrons. The number of fused-ring (bicyclic) bond motifs is 2. The summed E-state index contributed by atoms with van der Waals surface area (Å²) < 4.78 is 83.7. The molecule has 46 heavy (non-hydrogen) atoms. The number of aromatic nitrogens is 6. The fourth-order valence-corrected chi connectivity index (χ4v) is 6.18. The highest BCUT2D eigenvalue weighted by Crippen LogP contribution is 2.35. The van der Waals surface area contributed by atoms with Crippen LogP contribution >= 0.6 is 0 Å². The number of nitrogens with one attached hydrogen (secondary N) is 3. The molecule has 5 heterocycles. The number of alkyl halides is 2. The van der Waals surface area contributed by atoms with Crippen LogP contribution in [0, 0.1) is 11.6 Å².